The average molecular weight is 349 g/mol. The van der Waals surface area contributed by atoms with Crippen LogP contribution in [0.5, 0.6) is 0 Å². The van der Waals surface area contributed by atoms with Crippen molar-refractivity contribution in [2.24, 2.45) is 0 Å². The molecule has 1 aliphatic carbocycles. The molecule has 0 N–H and O–H groups in total. The number of hydrogen-bond donors (Lipinski definition) is 0. The second-order valence-corrected chi connectivity index (χ2v) is 6.75. The van der Waals surface area contributed by atoms with Gasteiger partial charge in [-0.3, -0.25) is 4.79 Å². The number of hydrogen-bond acceptors (Lipinski definition) is 4. The molecular formula is C20H16FN3O2. The van der Waals surface area contributed by atoms with Crippen LogP contribution in [-0.4, -0.2) is 22.6 Å². The molecule has 1 aromatic heterocycles. The number of anilines is 1. The highest BCUT2D eigenvalue weighted by Gasteiger charge is 2.32. The van der Waals surface area contributed by atoms with Crippen molar-refractivity contribution in [3.8, 4) is 11.5 Å². The average Bonchev–Trinajstić information content (AvgIpc) is 3.27. The second-order valence-electron chi connectivity index (χ2n) is 6.75. The van der Waals surface area contributed by atoms with Crippen molar-refractivity contribution in [1.29, 1.82) is 0 Å². The van der Waals surface area contributed by atoms with Gasteiger partial charge >= 0.3 is 0 Å². The van der Waals surface area contributed by atoms with Crippen LogP contribution in [0.2, 0.25) is 0 Å². The van der Waals surface area contributed by atoms with Gasteiger partial charge < -0.3 is 9.42 Å². The summed E-state index contributed by atoms with van der Waals surface area (Å²) in [5.74, 6) is 0.915. The van der Waals surface area contributed by atoms with Gasteiger partial charge in [-0.15, -0.1) is 0 Å². The Morgan fingerprint density at radius 2 is 2.00 bits per heavy atom. The van der Waals surface area contributed by atoms with E-state index in [9.17, 15) is 9.18 Å². The van der Waals surface area contributed by atoms with Crippen LogP contribution in [0, 0.1) is 5.82 Å². The quantitative estimate of drug-likeness (QED) is 0.724. The zero-order valence-electron chi connectivity index (χ0n) is 14.0. The van der Waals surface area contributed by atoms with Gasteiger partial charge in [0, 0.05) is 24.2 Å². The SMILES string of the molecule is O=C1CCCN1c1ccc(-c2nc(C3Cc4ccc(F)cc43)no2)cc1. The number of amides is 1. The van der Waals surface area contributed by atoms with Gasteiger partial charge in [0.1, 0.15) is 5.82 Å². The molecule has 1 fully saturated rings. The number of benzene rings is 2. The predicted molar refractivity (Wildman–Crippen MR) is 93.3 cm³/mol. The fourth-order valence-electron chi connectivity index (χ4n) is 3.70. The molecular weight excluding hydrogens is 333 g/mol. The summed E-state index contributed by atoms with van der Waals surface area (Å²) < 4.78 is 18.8. The first-order chi connectivity index (χ1) is 12.7. The van der Waals surface area contributed by atoms with Crippen molar-refractivity contribution in [3.63, 3.8) is 0 Å². The number of aromatic nitrogens is 2. The number of nitrogens with zero attached hydrogens (tertiary/aromatic N) is 3. The van der Waals surface area contributed by atoms with Crippen LogP contribution in [0.1, 0.15) is 35.7 Å². The minimum Gasteiger partial charge on any atom is -0.334 e. The van der Waals surface area contributed by atoms with Crippen molar-refractivity contribution in [2.45, 2.75) is 25.2 Å². The zero-order chi connectivity index (χ0) is 17.7. The molecule has 5 rings (SSSR count). The molecule has 1 amide bonds. The second kappa shape index (κ2) is 5.76. The van der Waals surface area contributed by atoms with Crippen LogP contribution < -0.4 is 4.90 Å². The predicted octanol–water partition coefficient (Wildman–Crippen LogP) is 3.69. The van der Waals surface area contributed by atoms with Crippen LogP contribution in [0.4, 0.5) is 10.1 Å². The first kappa shape index (κ1) is 15.3. The maximum absolute atomic E-state index is 13.4. The Kier molecular flexibility index (Phi) is 3.38. The molecule has 1 atom stereocenters. The van der Waals surface area contributed by atoms with Gasteiger partial charge in [-0.05, 0) is 60.4 Å². The van der Waals surface area contributed by atoms with Crippen molar-refractivity contribution in [1.82, 2.24) is 10.1 Å². The minimum absolute atomic E-state index is 0.0142. The number of carbonyl (C=O) groups excluding carboxylic acids is 1. The lowest BCUT2D eigenvalue weighted by atomic mass is 9.77. The number of rotatable bonds is 3. The van der Waals surface area contributed by atoms with Crippen molar-refractivity contribution in [3.05, 3.63) is 65.2 Å². The number of halogens is 1. The Balaban J connectivity index is 1.38. The Hall–Kier alpha value is -3.02. The lowest BCUT2D eigenvalue weighted by molar-refractivity contribution is -0.117. The monoisotopic (exact) mass is 349 g/mol. The molecule has 26 heavy (non-hydrogen) atoms. The Morgan fingerprint density at radius 1 is 1.15 bits per heavy atom. The largest absolute Gasteiger partial charge is 0.334 e. The summed E-state index contributed by atoms with van der Waals surface area (Å²) in [4.78, 5) is 18.1. The summed E-state index contributed by atoms with van der Waals surface area (Å²) in [6, 6.07) is 12.4. The summed E-state index contributed by atoms with van der Waals surface area (Å²) in [5.41, 5.74) is 3.75. The molecule has 0 radical (unpaired) electrons. The Labute approximate surface area is 149 Å². The van der Waals surface area contributed by atoms with Crippen LogP contribution in [0.25, 0.3) is 11.5 Å². The lowest BCUT2D eigenvalue weighted by Crippen LogP contribution is -2.23. The van der Waals surface area contributed by atoms with Crippen LogP contribution in [0.3, 0.4) is 0 Å². The molecule has 0 saturated carbocycles. The third-order valence-corrected chi connectivity index (χ3v) is 5.16. The van der Waals surface area contributed by atoms with Crippen molar-refractivity contribution >= 4 is 11.6 Å². The smallest absolute Gasteiger partial charge is 0.257 e. The molecule has 6 heteroatoms. The van der Waals surface area contributed by atoms with E-state index in [2.05, 4.69) is 10.1 Å². The highest BCUT2D eigenvalue weighted by molar-refractivity contribution is 5.95. The van der Waals surface area contributed by atoms with E-state index in [-0.39, 0.29) is 17.6 Å². The lowest BCUT2D eigenvalue weighted by Gasteiger charge is -2.27. The van der Waals surface area contributed by atoms with E-state index < -0.39 is 0 Å². The molecule has 2 aliphatic rings. The molecule has 1 unspecified atom stereocenters. The Bertz CT molecular complexity index is 997. The van der Waals surface area contributed by atoms with Gasteiger partial charge in [-0.25, -0.2) is 4.39 Å². The fourth-order valence-corrected chi connectivity index (χ4v) is 3.70. The summed E-state index contributed by atoms with van der Waals surface area (Å²) in [7, 11) is 0. The van der Waals surface area contributed by atoms with E-state index in [1.54, 1.807) is 17.0 Å². The van der Waals surface area contributed by atoms with E-state index in [0.29, 0.717) is 18.1 Å². The molecule has 1 aliphatic heterocycles. The van der Waals surface area contributed by atoms with Crippen molar-refractivity contribution in [2.75, 3.05) is 11.4 Å². The molecule has 2 heterocycles. The first-order valence-corrected chi connectivity index (χ1v) is 8.72. The highest BCUT2D eigenvalue weighted by Crippen LogP contribution is 2.39. The van der Waals surface area contributed by atoms with E-state index in [0.717, 1.165) is 41.8 Å². The van der Waals surface area contributed by atoms with Crippen LogP contribution in [0.15, 0.2) is 47.0 Å². The third-order valence-electron chi connectivity index (χ3n) is 5.16. The topological polar surface area (TPSA) is 59.2 Å². The molecule has 0 bridgehead atoms. The first-order valence-electron chi connectivity index (χ1n) is 8.72. The number of fused-ring (bicyclic) bond motifs is 1. The van der Waals surface area contributed by atoms with E-state index in [1.807, 2.05) is 24.3 Å². The van der Waals surface area contributed by atoms with E-state index in [1.165, 1.54) is 6.07 Å². The van der Waals surface area contributed by atoms with Gasteiger partial charge in [0.15, 0.2) is 5.82 Å². The molecule has 0 spiro atoms. The molecule has 1 saturated heterocycles. The van der Waals surface area contributed by atoms with Gasteiger partial charge in [-0.1, -0.05) is 11.2 Å². The van der Waals surface area contributed by atoms with E-state index in [4.69, 9.17) is 4.52 Å². The normalized spacial score (nSPS) is 18.7. The zero-order valence-corrected chi connectivity index (χ0v) is 14.0. The molecule has 130 valence electrons. The minimum atomic E-state index is -0.246. The van der Waals surface area contributed by atoms with E-state index >= 15 is 0 Å². The highest BCUT2D eigenvalue weighted by atomic mass is 19.1. The van der Waals surface area contributed by atoms with Crippen LogP contribution >= 0.6 is 0 Å². The standard InChI is InChI=1S/C20H16FN3O2/c21-14-6-3-13-10-17(16(13)11-14)19-22-20(26-23-19)12-4-7-15(8-5-12)24-9-1-2-18(24)25/h3-8,11,17H,1-2,9-10H2. The maximum Gasteiger partial charge on any atom is 0.257 e. The van der Waals surface area contributed by atoms with Gasteiger partial charge in [-0.2, -0.15) is 4.98 Å². The fraction of sp³-hybridized carbons (Fsp3) is 0.250. The third kappa shape index (κ3) is 2.41. The summed E-state index contributed by atoms with van der Waals surface area (Å²) in [5, 5.41) is 4.08. The Morgan fingerprint density at radius 3 is 2.77 bits per heavy atom. The maximum atomic E-state index is 13.4. The summed E-state index contributed by atoms with van der Waals surface area (Å²) in [6.07, 6.45) is 2.31. The van der Waals surface area contributed by atoms with Crippen LogP contribution in [-0.2, 0) is 11.2 Å². The van der Waals surface area contributed by atoms with Crippen molar-refractivity contribution < 1.29 is 13.7 Å². The number of carbonyl (C=O) groups is 1. The summed E-state index contributed by atoms with van der Waals surface area (Å²) in [6.45, 7) is 0.764. The summed E-state index contributed by atoms with van der Waals surface area (Å²) >= 11 is 0. The van der Waals surface area contributed by atoms with Gasteiger partial charge in [0.25, 0.3) is 5.89 Å². The molecule has 3 aromatic rings. The molecule has 2 aromatic carbocycles. The molecule has 5 nitrogen and oxygen atoms in total. The van der Waals surface area contributed by atoms with Gasteiger partial charge in [0.2, 0.25) is 5.91 Å². The van der Waals surface area contributed by atoms with Gasteiger partial charge in [0.05, 0.1) is 5.92 Å².